The lowest BCUT2D eigenvalue weighted by molar-refractivity contribution is 0.102. The summed E-state index contributed by atoms with van der Waals surface area (Å²) in [7, 11) is 0. The largest absolute Gasteiger partial charge is 0.368 e. The minimum absolute atomic E-state index is 0.0696. The Hall–Kier alpha value is -3.80. The molecule has 2 N–H and O–H groups in total. The Morgan fingerprint density at radius 2 is 1.20 bits per heavy atom. The highest BCUT2D eigenvalue weighted by Crippen LogP contribution is 2.20. The Morgan fingerprint density at radius 1 is 0.633 bits per heavy atom. The van der Waals surface area contributed by atoms with E-state index >= 15 is 0 Å². The highest BCUT2D eigenvalue weighted by atomic mass is 16.2. The summed E-state index contributed by atoms with van der Waals surface area (Å²) in [5, 5.41) is 5.85. The number of anilines is 3. The van der Waals surface area contributed by atoms with Crippen LogP contribution < -0.4 is 15.5 Å². The van der Waals surface area contributed by atoms with Crippen molar-refractivity contribution in [1.29, 1.82) is 0 Å². The van der Waals surface area contributed by atoms with Gasteiger partial charge in [-0.25, -0.2) is 4.79 Å². The van der Waals surface area contributed by atoms with Gasteiger partial charge >= 0.3 is 6.03 Å². The maximum Gasteiger partial charge on any atom is 0.321 e. The van der Waals surface area contributed by atoms with Gasteiger partial charge in [0.05, 0.1) is 0 Å². The highest BCUT2D eigenvalue weighted by Gasteiger charge is 2.21. The first-order valence-electron chi connectivity index (χ1n) is 10.0. The van der Waals surface area contributed by atoms with Crippen LogP contribution in [0.25, 0.3) is 0 Å². The molecule has 30 heavy (non-hydrogen) atoms. The monoisotopic (exact) mass is 400 g/mol. The van der Waals surface area contributed by atoms with E-state index in [9.17, 15) is 9.59 Å². The number of piperazine rings is 1. The van der Waals surface area contributed by atoms with Gasteiger partial charge in [-0.15, -0.1) is 0 Å². The van der Waals surface area contributed by atoms with Crippen molar-refractivity contribution >= 4 is 29.0 Å². The van der Waals surface area contributed by atoms with Crippen molar-refractivity contribution in [2.45, 2.75) is 0 Å². The standard InChI is InChI=1S/C24H24N4O2/c29-23(19-7-3-1-4-8-19)25-21-11-13-22(14-12-21)27-15-17-28(18-16-27)24(30)26-20-9-5-2-6-10-20/h1-14H,15-18H2,(H,25,29)(H,26,30). The summed E-state index contributed by atoms with van der Waals surface area (Å²) in [5.74, 6) is -0.124. The number of para-hydroxylation sites is 1. The predicted molar refractivity (Wildman–Crippen MR) is 120 cm³/mol. The molecule has 152 valence electrons. The molecule has 0 saturated carbocycles. The second-order valence-corrected chi connectivity index (χ2v) is 7.14. The lowest BCUT2D eigenvalue weighted by Crippen LogP contribution is -2.50. The number of hydrogen-bond donors (Lipinski definition) is 2. The molecule has 0 aromatic heterocycles. The van der Waals surface area contributed by atoms with Gasteiger partial charge in [0.25, 0.3) is 5.91 Å². The Kier molecular flexibility index (Phi) is 5.94. The fourth-order valence-electron chi connectivity index (χ4n) is 3.44. The third kappa shape index (κ3) is 4.78. The van der Waals surface area contributed by atoms with Crippen molar-refractivity contribution < 1.29 is 9.59 Å². The Morgan fingerprint density at radius 3 is 1.83 bits per heavy atom. The number of nitrogens with zero attached hydrogens (tertiary/aromatic N) is 2. The quantitative estimate of drug-likeness (QED) is 0.687. The summed E-state index contributed by atoms with van der Waals surface area (Å²) in [6, 6.07) is 26.4. The van der Waals surface area contributed by atoms with Gasteiger partial charge in [0.1, 0.15) is 0 Å². The van der Waals surface area contributed by atoms with E-state index in [-0.39, 0.29) is 11.9 Å². The molecule has 1 saturated heterocycles. The number of urea groups is 1. The number of hydrogen-bond acceptors (Lipinski definition) is 3. The summed E-state index contributed by atoms with van der Waals surface area (Å²) in [5.41, 5.74) is 3.27. The topological polar surface area (TPSA) is 64.7 Å². The third-order valence-electron chi connectivity index (χ3n) is 5.12. The number of carbonyl (C=O) groups is 2. The fourth-order valence-corrected chi connectivity index (χ4v) is 3.44. The van der Waals surface area contributed by atoms with Crippen LogP contribution in [0.15, 0.2) is 84.9 Å². The molecule has 1 fully saturated rings. The van der Waals surface area contributed by atoms with Crippen molar-refractivity contribution in [3.63, 3.8) is 0 Å². The van der Waals surface area contributed by atoms with Crippen molar-refractivity contribution in [2.75, 3.05) is 41.7 Å². The lowest BCUT2D eigenvalue weighted by atomic mass is 10.2. The minimum Gasteiger partial charge on any atom is -0.368 e. The van der Waals surface area contributed by atoms with Crippen molar-refractivity contribution in [3.8, 4) is 0 Å². The molecule has 0 aliphatic carbocycles. The van der Waals surface area contributed by atoms with Crippen molar-refractivity contribution in [1.82, 2.24) is 4.90 Å². The van der Waals surface area contributed by atoms with Gasteiger partial charge in [-0.2, -0.15) is 0 Å². The van der Waals surface area contributed by atoms with Crippen LogP contribution in [0, 0.1) is 0 Å². The molecule has 1 aliphatic heterocycles. The van der Waals surface area contributed by atoms with E-state index in [0.29, 0.717) is 18.7 Å². The van der Waals surface area contributed by atoms with Crippen molar-refractivity contribution in [3.05, 3.63) is 90.5 Å². The number of benzene rings is 3. The van der Waals surface area contributed by atoms with Crippen LogP contribution >= 0.6 is 0 Å². The molecule has 0 bridgehead atoms. The van der Waals surface area contributed by atoms with Crippen LogP contribution in [0.1, 0.15) is 10.4 Å². The summed E-state index contributed by atoms with van der Waals surface area (Å²) in [4.78, 5) is 28.8. The average molecular weight is 400 g/mol. The van der Waals surface area contributed by atoms with Crippen LogP contribution in [0.5, 0.6) is 0 Å². The summed E-state index contributed by atoms with van der Waals surface area (Å²) in [6.07, 6.45) is 0. The third-order valence-corrected chi connectivity index (χ3v) is 5.12. The zero-order valence-corrected chi connectivity index (χ0v) is 16.6. The number of nitrogens with one attached hydrogen (secondary N) is 2. The van der Waals surface area contributed by atoms with Gasteiger partial charge in [-0.05, 0) is 48.5 Å². The van der Waals surface area contributed by atoms with E-state index in [1.807, 2.05) is 77.7 Å². The smallest absolute Gasteiger partial charge is 0.321 e. The average Bonchev–Trinajstić information content (AvgIpc) is 2.81. The molecule has 6 nitrogen and oxygen atoms in total. The lowest BCUT2D eigenvalue weighted by Gasteiger charge is -2.36. The molecule has 0 radical (unpaired) electrons. The molecule has 6 heteroatoms. The van der Waals surface area contributed by atoms with Gasteiger partial charge in [0.15, 0.2) is 0 Å². The molecule has 3 amide bonds. The molecular formula is C24H24N4O2. The molecule has 1 heterocycles. The zero-order chi connectivity index (χ0) is 20.8. The minimum atomic E-state index is -0.124. The van der Waals surface area contributed by atoms with Gasteiger partial charge in [-0.1, -0.05) is 36.4 Å². The number of rotatable bonds is 4. The second-order valence-electron chi connectivity index (χ2n) is 7.14. The Bertz CT molecular complexity index is 983. The highest BCUT2D eigenvalue weighted by molar-refractivity contribution is 6.04. The molecule has 0 unspecified atom stereocenters. The molecule has 0 atom stereocenters. The predicted octanol–water partition coefficient (Wildman–Crippen LogP) is 4.29. The van der Waals surface area contributed by atoms with Crippen LogP contribution in [-0.2, 0) is 0 Å². The number of carbonyl (C=O) groups excluding carboxylic acids is 2. The molecule has 3 aromatic carbocycles. The van der Waals surface area contributed by atoms with Crippen molar-refractivity contribution in [2.24, 2.45) is 0 Å². The first kappa shape index (κ1) is 19.5. The summed E-state index contributed by atoms with van der Waals surface area (Å²) >= 11 is 0. The summed E-state index contributed by atoms with van der Waals surface area (Å²) < 4.78 is 0. The Balaban J connectivity index is 1.29. The number of amides is 3. The van der Waals surface area contributed by atoms with E-state index in [4.69, 9.17) is 0 Å². The summed E-state index contributed by atoms with van der Waals surface area (Å²) in [6.45, 7) is 2.84. The van der Waals surface area contributed by atoms with Crippen LogP contribution in [0.2, 0.25) is 0 Å². The van der Waals surface area contributed by atoms with E-state index < -0.39 is 0 Å². The molecule has 0 spiro atoms. The SMILES string of the molecule is O=C(Nc1ccc(N2CCN(C(=O)Nc3ccccc3)CC2)cc1)c1ccccc1. The molecule has 4 rings (SSSR count). The van der Waals surface area contributed by atoms with Gasteiger partial charge in [0.2, 0.25) is 0 Å². The molecular weight excluding hydrogens is 376 g/mol. The van der Waals surface area contributed by atoms with E-state index in [1.54, 1.807) is 12.1 Å². The first-order valence-corrected chi connectivity index (χ1v) is 10.0. The molecule has 1 aliphatic rings. The van der Waals surface area contributed by atoms with Gasteiger partial charge < -0.3 is 20.4 Å². The van der Waals surface area contributed by atoms with E-state index in [1.165, 1.54) is 0 Å². The Labute approximate surface area is 176 Å². The fraction of sp³-hybridized carbons (Fsp3) is 0.167. The van der Waals surface area contributed by atoms with E-state index in [0.717, 1.165) is 30.2 Å². The first-order chi connectivity index (χ1) is 14.7. The second kappa shape index (κ2) is 9.13. The van der Waals surface area contributed by atoms with Gasteiger partial charge in [-0.3, -0.25) is 4.79 Å². The maximum atomic E-state index is 12.4. The normalized spacial score (nSPS) is 13.6. The van der Waals surface area contributed by atoms with Gasteiger partial charge in [0, 0.05) is 48.8 Å². The van der Waals surface area contributed by atoms with Crippen LogP contribution in [0.3, 0.4) is 0 Å². The van der Waals surface area contributed by atoms with Crippen LogP contribution in [0.4, 0.5) is 21.9 Å². The maximum absolute atomic E-state index is 12.4. The zero-order valence-electron chi connectivity index (χ0n) is 16.6. The molecule has 3 aromatic rings. The van der Waals surface area contributed by atoms with Crippen LogP contribution in [-0.4, -0.2) is 43.0 Å². The van der Waals surface area contributed by atoms with E-state index in [2.05, 4.69) is 15.5 Å².